The van der Waals surface area contributed by atoms with E-state index in [2.05, 4.69) is 6.92 Å². The average Bonchev–Trinajstić information content (AvgIpc) is 2.19. The molecule has 0 unspecified atom stereocenters. The number of hydrogen-bond acceptors (Lipinski definition) is 1. The zero-order valence-corrected chi connectivity index (χ0v) is 9.76. The molecule has 1 rings (SSSR count). The van der Waals surface area contributed by atoms with Gasteiger partial charge in [0.2, 0.25) is 0 Å². The summed E-state index contributed by atoms with van der Waals surface area (Å²) in [6.45, 7) is 2.62. The summed E-state index contributed by atoms with van der Waals surface area (Å²) in [6.07, 6.45) is 4.97. The minimum Gasteiger partial charge on any atom is -0.376 e. The summed E-state index contributed by atoms with van der Waals surface area (Å²) in [4.78, 5) is 1.94. The molecule has 0 aliphatic carbocycles. The molecule has 1 nitrogen and oxygen atoms in total. The highest BCUT2D eigenvalue weighted by molar-refractivity contribution is 6.30. The Morgan fingerprint density at radius 3 is 2.80 bits per heavy atom. The van der Waals surface area contributed by atoms with Crippen LogP contribution < -0.4 is 0 Å². The highest BCUT2D eigenvalue weighted by atomic mass is 35.5. The van der Waals surface area contributed by atoms with Gasteiger partial charge in [-0.1, -0.05) is 30.7 Å². The van der Waals surface area contributed by atoms with Crippen LogP contribution in [0, 0.1) is 5.82 Å². The molecule has 1 aromatic rings. The standard InChI is InChI=1S/C12H15ClFN/c1-3-4-7-15(2)9-10-5-6-11(13)8-12(10)14/h4-8H,3,9H2,1-2H3. The minimum atomic E-state index is -0.251. The highest BCUT2D eigenvalue weighted by Gasteiger charge is 2.03. The van der Waals surface area contributed by atoms with Crippen molar-refractivity contribution < 1.29 is 4.39 Å². The summed E-state index contributed by atoms with van der Waals surface area (Å²) >= 11 is 5.67. The largest absolute Gasteiger partial charge is 0.376 e. The third-order valence-corrected chi connectivity index (χ3v) is 2.27. The predicted molar refractivity (Wildman–Crippen MR) is 62.3 cm³/mol. The zero-order valence-electron chi connectivity index (χ0n) is 9.00. The molecule has 0 aromatic heterocycles. The summed E-state index contributed by atoms with van der Waals surface area (Å²) in [7, 11) is 1.92. The molecule has 0 atom stereocenters. The van der Waals surface area contributed by atoms with E-state index in [4.69, 9.17) is 11.6 Å². The average molecular weight is 228 g/mol. The van der Waals surface area contributed by atoms with E-state index in [1.165, 1.54) is 6.07 Å². The molecule has 0 saturated carbocycles. The quantitative estimate of drug-likeness (QED) is 0.756. The third kappa shape index (κ3) is 3.92. The SMILES string of the molecule is CCC=CN(C)Cc1ccc(Cl)cc1F. The fourth-order valence-corrected chi connectivity index (χ4v) is 1.42. The van der Waals surface area contributed by atoms with Gasteiger partial charge in [0.25, 0.3) is 0 Å². The lowest BCUT2D eigenvalue weighted by atomic mass is 10.2. The van der Waals surface area contributed by atoms with Crippen LogP contribution in [0.3, 0.4) is 0 Å². The Morgan fingerprint density at radius 1 is 1.47 bits per heavy atom. The van der Waals surface area contributed by atoms with Crippen molar-refractivity contribution in [2.24, 2.45) is 0 Å². The summed E-state index contributed by atoms with van der Waals surface area (Å²) in [5.41, 5.74) is 0.655. The van der Waals surface area contributed by atoms with Crippen molar-refractivity contribution in [2.75, 3.05) is 7.05 Å². The number of hydrogen-bond donors (Lipinski definition) is 0. The fraction of sp³-hybridized carbons (Fsp3) is 0.333. The lowest BCUT2D eigenvalue weighted by Gasteiger charge is -2.14. The number of allylic oxidation sites excluding steroid dienone is 1. The van der Waals surface area contributed by atoms with Crippen LogP contribution >= 0.6 is 11.6 Å². The number of benzene rings is 1. The summed E-state index contributed by atoms with van der Waals surface area (Å²) < 4.78 is 13.4. The van der Waals surface area contributed by atoms with Crippen molar-refractivity contribution in [2.45, 2.75) is 19.9 Å². The summed E-state index contributed by atoms with van der Waals surface area (Å²) in [6, 6.07) is 4.76. The maximum absolute atomic E-state index is 13.4. The topological polar surface area (TPSA) is 3.24 Å². The number of halogens is 2. The van der Waals surface area contributed by atoms with Crippen molar-refractivity contribution in [1.29, 1.82) is 0 Å². The molecule has 0 spiro atoms. The van der Waals surface area contributed by atoms with Crippen LogP contribution in [0.5, 0.6) is 0 Å². The van der Waals surface area contributed by atoms with Crippen molar-refractivity contribution in [3.63, 3.8) is 0 Å². The first-order chi connectivity index (χ1) is 7.13. The Morgan fingerprint density at radius 2 is 2.20 bits per heavy atom. The van der Waals surface area contributed by atoms with Gasteiger partial charge in [0, 0.05) is 24.2 Å². The molecule has 0 N–H and O–H groups in total. The lowest BCUT2D eigenvalue weighted by Crippen LogP contribution is -2.11. The normalized spacial score (nSPS) is 10.9. The van der Waals surface area contributed by atoms with Crippen LogP contribution in [0.25, 0.3) is 0 Å². The Hall–Kier alpha value is -1.02. The molecule has 0 bridgehead atoms. The molecule has 0 aliphatic heterocycles. The van der Waals surface area contributed by atoms with Crippen LogP contribution in [0.1, 0.15) is 18.9 Å². The zero-order chi connectivity index (χ0) is 11.3. The molecule has 3 heteroatoms. The van der Waals surface area contributed by atoms with E-state index in [0.29, 0.717) is 17.1 Å². The van der Waals surface area contributed by atoms with Crippen LogP contribution in [0.2, 0.25) is 5.02 Å². The van der Waals surface area contributed by atoms with E-state index in [1.54, 1.807) is 12.1 Å². The van der Waals surface area contributed by atoms with E-state index >= 15 is 0 Å². The first-order valence-corrected chi connectivity index (χ1v) is 5.32. The highest BCUT2D eigenvalue weighted by Crippen LogP contribution is 2.15. The summed E-state index contributed by atoms with van der Waals surface area (Å²) in [5.74, 6) is -0.251. The molecule has 0 aliphatic rings. The number of rotatable bonds is 4. The van der Waals surface area contributed by atoms with Gasteiger partial charge in [0.1, 0.15) is 5.82 Å². The Kier molecular flexibility index (Phi) is 4.63. The van der Waals surface area contributed by atoms with Gasteiger partial charge in [0.05, 0.1) is 0 Å². The number of nitrogens with zero attached hydrogens (tertiary/aromatic N) is 1. The van der Waals surface area contributed by atoms with E-state index in [0.717, 1.165) is 6.42 Å². The molecule has 0 saturated heterocycles. The van der Waals surface area contributed by atoms with Crippen molar-refractivity contribution >= 4 is 11.6 Å². The van der Waals surface area contributed by atoms with Gasteiger partial charge in [-0.05, 0) is 24.8 Å². The first-order valence-electron chi connectivity index (χ1n) is 4.94. The molecule has 0 radical (unpaired) electrons. The second kappa shape index (κ2) is 5.76. The van der Waals surface area contributed by atoms with Gasteiger partial charge in [-0.25, -0.2) is 4.39 Å². The summed E-state index contributed by atoms with van der Waals surface area (Å²) in [5, 5.41) is 0.433. The maximum atomic E-state index is 13.4. The van der Waals surface area contributed by atoms with Crippen LogP contribution in [0.4, 0.5) is 4.39 Å². The van der Waals surface area contributed by atoms with Crippen LogP contribution in [-0.4, -0.2) is 11.9 Å². The van der Waals surface area contributed by atoms with Gasteiger partial charge in [-0.15, -0.1) is 0 Å². The fourth-order valence-electron chi connectivity index (χ4n) is 1.26. The van der Waals surface area contributed by atoms with E-state index in [1.807, 2.05) is 24.2 Å². The van der Waals surface area contributed by atoms with Gasteiger partial charge in [-0.3, -0.25) is 0 Å². The van der Waals surface area contributed by atoms with Crippen LogP contribution in [-0.2, 0) is 6.54 Å². The van der Waals surface area contributed by atoms with E-state index < -0.39 is 0 Å². The van der Waals surface area contributed by atoms with Crippen LogP contribution in [0.15, 0.2) is 30.5 Å². The Bertz CT molecular complexity index is 349. The first kappa shape index (κ1) is 12.1. The van der Waals surface area contributed by atoms with E-state index in [9.17, 15) is 4.39 Å². The van der Waals surface area contributed by atoms with Gasteiger partial charge in [0.15, 0.2) is 0 Å². The molecule has 1 aromatic carbocycles. The third-order valence-electron chi connectivity index (χ3n) is 2.03. The predicted octanol–water partition coefficient (Wildman–Crippen LogP) is 3.83. The Balaban J connectivity index is 2.68. The van der Waals surface area contributed by atoms with Crippen molar-refractivity contribution in [3.05, 3.63) is 46.9 Å². The van der Waals surface area contributed by atoms with Crippen molar-refractivity contribution in [1.82, 2.24) is 4.90 Å². The Labute approximate surface area is 95.2 Å². The maximum Gasteiger partial charge on any atom is 0.129 e. The molecule has 15 heavy (non-hydrogen) atoms. The molecule has 0 heterocycles. The minimum absolute atomic E-state index is 0.251. The molecular formula is C12H15ClFN. The smallest absolute Gasteiger partial charge is 0.129 e. The van der Waals surface area contributed by atoms with E-state index in [-0.39, 0.29) is 5.82 Å². The van der Waals surface area contributed by atoms with Crippen molar-refractivity contribution in [3.8, 4) is 0 Å². The lowest BCUT2D eigenvalue weighted by molar-refractivity contribution is 0.435. The second-order valence-electron chi connectivity index (χ2n) is 3.44. The monoisotopic (exact) mass is 227 g/mol. The van der Waals surface area contributed by atoms with Gasteiger partial charge < -0.3 is 4.90 Å². The molecule has 0 fully saturated rings. The van der Waals surface area contributed by atoms with Gasteiger partial charge >= 0.3 is 0 Å². The van der Waals surface area contributed by atoms with Gasteiger partial charge in [-0.2, -0.15) is 0 Å². The second-order valence-corrected chi connectivity index (χ2v) is 3.88. The molecular weight excluding hydrogens is 213 g/mol. The molecule has 0 amide bonds. The molecule has 82 valence electrons.